The molecule has 2 heterocycles. The molecule has 17 heavy (non-hydrogen) atoms. The summed E-state index contributed by atoms with van der Waals surface area (Å²) in [6.45, 7) is 3.94. The fraction of sp³-hybridized carbons (Fsp3) is 0.333. The van der Waals surface area contributed by atoms with E-state index in [9.17, 15) is 4.79 Å². The van der Waals surface area contributed by atoms with Crippen molar-refractivity contribution in [1.82, 2.24) is 9.55 Å². The first-order chi connectivity index (χ1) is 8.16. The highest BCUT2D eigenvalue weighted by atomic mass is 35.5. The average Bonchev–Trinajstić information content (AvgIpc) is 2.80. The molecule has 0 unspecified atom stereocenters. The van der Waals surface area contributed by atoms with Gasteiger partial charge in [-0.05, 0) is 24.8 Å². The van der Waals surface area contributed by atoms with Crippen LogP contribution < -0.4 is 5.56 Å². The average molecular weight is 267 g/mol. The second-order valence-corrected chi connectivity index (χ2v) is 5.85. The van der Waals surface area contributed by atoms with Gasteiger partial charge in [0, 0.05) is 9.91 Å². The van der Waals surface area contributed by atoms with Gasteiger partial charge in [0.25, 0.3) is 5.56 Å². The number of allylic oxidation sites excluding steroid dienone is 1. The Kier molecular flexibility index (Phi) is 2.56. The minimum Gasteiger partial charge on any atom is -0.293 e. The molecule has 0 atom stereocenters. The van der Waals surface area contributed by atoms with Crippen molar-refractivity contribution in [1.29, 1.82) is 0 Å². The highest BCUT2D eigenvalue weighted by molar-refractivity contribution is 7.18. The van der Waals surface area contributed by atoms with Crippen LogP contribution >= 0.6 is 22.9 Å². The lowest BCUT2D eigenvalue weighted by molar-refractivity contribution is 0.759. The van der Waals surface area contributed by atoms with E-state index in [-0.39, 0.29) is 5.56 Å². The fourth-order valence-corrected chi connectivity index (χ4v) is 3.67. The van der Waals surface area contributed by atoms with Gasteiger partial charge < -0.3 is 0 Å². The Morgan fingerprint density at radius 1 is 1.59 bits per heavy atom. The first-order valence-electron chi connectivity index (χ1n) is 5.50. The highest BCUT2D eigenvalue weighted by Crippen LogP contribution is 2.34. The third kappa shape index (κ3) is 1.72. The summed E-state index contributed by atoms with van der Waals surface area (Å²) in [5.74, 6) is 0. The van der Waals surface area contributed by atoms with E-state index in [1.807, 2.05) is 0 Å². The van der Waals surface area contributed by atoms with Crippen molar-refractivity contribution >= 4 is 33.2 Å². The molecule has 0 spiro atoms. The molecule has 3 rings (SSSR count). The molecule has 0 saturated heterocycles. The van der Waals surface area contributed by atoms with Crippen LogP contribution in [-0.2, 0) is 19.4 Å². The van der Waals surface area contributed by atoms with Crippen LogP contribution in [0.1, 0.15) is 16.9 Å². The molecular formula is C12H11ClN2OS. The molecule has 0 radical (unpaired) electrons. The standard InChI is InChI=1S/C12H11ClN2OS/c1-7(13)5-15-6-14-11-10(12(15)16)8-3-2-4-9(8)17-11/h6H,1-5H2. The van der Waals surface area contributed by atoms with Gasteiger partial charge in [0.2, 0.25) is 0 Å². The predicted octanol–water partition coefficient (Wildman–Crippen LogP) is 2.70. The Bertz CT molecular complexity index is 671. The van der Waals surface area contributed by atoms with Crippen LogP contribution in [0.25, 0.3) is 10.2 Å². The van der Waals surface area contributed by atoms with Gasteiger partial charge in [-0.15, -0.1) is 11.3 Å². The van der Waals surface area contributed by atoms with Gasteiger partial charge >= 0.3 is 0 Å². The number of halogens is 1. The monoisotopic (exact) mass is 266 g/mol. The number of thiophene rings is 1. The van der Waals surface area contributed by atoms with Gasteiger partial charge in [0.15, 0.2) is 0 Å². The lowest BCUT2D eigenvalue weighted by Crippen LogP contribution is -2.20. The smallest absolute Gasteiger partial charge is 0.262 e. The second-order valence-electron chi connectivity index (χ2n) is 4.23. The minimum atomic E-state index is 0.0104. The first kappa shape index (κ1) is 11.0. The van der Waals surface area contributed by atoms with Gasteiger partial charge in [-0.1, -0.05) is 18.2 Å². The van der Waals surface area contributed by atoms with Crippen molar-refractivity contribution in [3.63, 3.8) is 0 Å². The Hall–Kier alpha value is -1.13. The molecule has 0 fully saturated rings. The maximum Gasteiger partial charge on any atom is 0.262 e. The summed E-state index contributed by atoms with van der Waals surface area (Å²) in [5, 5.41) is 1.24. The second kappa shape index (κ2) is 3.96. The maximum atomic E-state index is 12.3. The summed E-state index contributed by atoms with van der Waals surface area (Å²) in [7, 11) is 0. The summed E-state index contributed by atoms with van der Waals surface area (Å²) < 4.78 is 1.53. The molecular weight excluding hydrogens is 256 g/mol. The predicted molar refractivity (Wildman–Crippen MR) is 70.9 cm³/mol. The van der Waals surface area contributed by atoms with Crippen molar-refractivity contribution in [2.45, 2.75) is 25.8 Å². The van der Waals surface area contributed by atoms with Crippen LogP contribution in [0, 0.1) is 0 Å². The Labute approximate surface area is 107 Å². The summed E-state index contributed by atoms with van der Waals surface area (Å²) >= 11 is 7.40. The number of nitrogens with zero attached hydrogens (tertiary/aromatic N) is 2. The molecule has 2 aromatic rings. The van der Waals surface area contributed by atoms with E-state index >= 15 is 0 Å². The quantitative estimate of drug-likeness (QED) is 0.838. The molecule has 5 heteroatoms. The first-order valence-corrected chi connectivity index (χ1v) is 6.69. The molecule has 0 N–H and O–H groups in total. The summed E-state index contributed by atoms with van der Waals surface area (Å²) in [6, 6.07) is 0. The molecule has 1 aliphatic carbocycles. The number of hydrogen-bond acceptors (Lipinski definition) is 3. The van der Waals surface area contributed by atoms with Crippen molar-refractivity contribution in [3.8, 4) is 0 Å². The molecule has 2 aromatic heterocycles. The van der Waals surface area contributed by atoms with Crippen molar-refractivity contribution in [2.24, 2.45) is 0 Å². The van der Waals surface area contributed by atoms with Crippen molar-refractivity contribution in [2.75, 3.05) is 0 Å². The van der Waals surface area contributed by atoms with Crippen LogP contribution in [0.15, 0.2) is 22.7 Å². The van der Waals surface area contributed by atoms with E-state index in [0.717, 1.165) is 29.5 Å². The van der Waals surface area contributed by atoms with Gasteiger partial charge in [-0.25, -0.2) is 4.98 Å². The summed E-state index contributed by atoms with van der Waals surface area (Å²) in [6.07, 6.45) is 4.79. The zero-order chi connectivity index (χ0) is 12.0. The van der Waals surface area contributed by atoms with E-state index in [1.165, 1.54) is 15.0 Å². The summed E-state index contributed by atoms with van der Waals surface area (Å²) in [4.78, 5) is 18.8. The minimum absolute atomic E-state index is 0.0104. The van der Waals surface area contributed by atoms with E-state index in [4.69, 9.17) is 11.6 Å². The Morgan fingerprint density at radius 2 is 2.41 bits per heavy atom. The topological polar surface area (TPSA) is 34.9 Å². The molecule has 0 aliphatic heterocycles. The molecule has 0 amide bonds. The number of rotatable bonds is 2. The summed E-state index contributed by atoms with van der Waals surface area (Å²) in [5.41, 5.74) is 1.22. The fourth-order valence-electron chi connectivity index (χ4n) is 2.32. The van der Waals surface area contributed by atoms with Crippen LogP contribution in [0.4, 0.5) is 0 Å². The van der Waals surface area contributed by atoms with E-state index in [1.54, 1.807) is 17.7 Å². The van der Waals surface area contributed by atoms with Gasteiger partial charge in [-0.3, -0.25) is 9.36 Å². The number of aromatic nitrogens is 2. The molecule has 3 nitrogen and oxygen atoms in total. The largest absolute Gasteiger partial charge is 0.293 e. The zero-order valence-corrected chi connectivity index (χ0v) is 10.8. The van der Waals surface area contributed by atoms with Crippen LogP contribution in [-0.4, -0.2) is 9.55 Å². The van der Waals surface area contributed by atoms with E-state index in [0.29, 0.717) is 11.6 Å². The Balaban J connectivity index is 2.26. The number of fused-ring (bicyclic) bond motifs is 3. The molecule has 0 saturated carbocycles. The van der Waals surface area contributed by atoms with E-state index < -0.39 is 0 Å². The lowest BCUT2D eigenvalue weighted by Gasteiger charge is -2.03. The van der Waals surface area contributed by atoms with Crippen molar-refractivity contribution < 1.29 is 0 Å². The van der Waals surface area contributed by atoms with Gasteiger partial charge in [0.1, 0.15) is 4.83 Å². The van der Waals surface area contributed by atoms with Crippen LogP contribution in [0.3, 0.4) is 0 Å². The molecule has 0 bridgehead atoms. The third-order valence-corrected chi connectivity index (χ3v) is 4.35. The van der Waals surface area contributed by atoms with Crippen LogP contribution in [0.5, 0.6) is 0 Å². The SMILES string of the molecule is C=C(Cl)Cn1cnc2sc3c(c2c1=O)CCC3. The van der Waals surface area contributed by atoms with Gasteiger partial charge in [-0.2, -0.15) is 0 Å². The highest BCUT2D eigenvalue weighted by Gasteiger charge is 2.21. The third-order valence-electron chi connectivity index (χ3n) is 3.03. The zero-order valence-electron chi connectivity index (χ0n) is 9.20. The lowest BCUT2D eigenvalue weighted by atomic mass is 10.2. The van der Waals surface area contributed by atoms with E-state index in [2.05, 4.69) is 11.6 Å². The number of hydrogen-bond donors (Lipinski definition) is 0. The maximum absolute atomic E-state index is 12.3. The molecule has 1 aliphatic rings. The molecule has 0 aromatic carbocycles. The van der Waals surface area contributed by atoms with Crippen molar-refractivity contribution in [3.05, 3.63) is 38.7 Å². The van der Waals surface area contributed by atoms with Crippen LogP contribution in [0.2, 0.25) is 0 Å². The number of aryl methyl sites for hydroxylation is 2. The Morgan fingerprint density at radius 3 is 3.18 bits per heavy atom. The van der Waals surface area contributed by atoms with Gasteiger partial charge in [0.05, 0.1) is 18.3 Å². The molecule has 88 valence electrons. The normalized spacial score (nSPS) is 14.2.